The lowest BCUT2D eigenvalue weighted by molar-refractivity contribution is 0.147. The highest BCUT2D eigenvalue weighted by Gasteiger charge is 1.94. The number of nitrogens with zero attached hydrogens (tertiary/aromatic N) is 1. The second kappa shape index (κ2) is 7.93. The molecule has 1 rings (SSSR count). The summed E-state index contributed by atoms with van der Waals surface area (Å²) >= 11 is 0. The Hall–Kier alpha value is -1.29. The number of rotatable bonds is 8. The SMILES string of the molecule is CCNc1ccc(NCCCOCC)nc1. The van der Waals surface area contributed by atoms with Gasteiger partial charge < -0.3 is 15.4 Å². The van der Waals surface area contributed by atoms with Gasteiger partial charge in [0.15, 0.2) is 0 Å². The minimum absolute atomic E-state index is 0.787. The molecule has 1 heterocycles. The van der Waals surface area contributed by atoms with E-state index < -0.39 is 0 Å². The Balaban J connectivity index is 2.21. The van der Waals surface area contributed by atoms with Crippen molar-refractivity contribution in [2.75, 3.05) is 36.9 Å². The highest BCUT2D eigenvalue weighted by Crippen LogP contribution is 2.08. The summed E-state index contributed by atoms with van der Waals surface area (Å²) in [7, 11) is 0. The van der Waals surface area contributed by atoms with Crippen LogP contribution in [0, 0.1) is 0 Å². The monoisotopic (exact) mass is 223 g/mol. The lowest BCUT2D eigenvalue weighted by Gasteiger charge is -2.07. The van der Waals surface area contributed by atoms with Crippen molar-refractivity contribution in [2.45, 2.75) is 20.3 Å². The Morgan fingerprint density at radius 1 is 1.25 bits per heavy atom. The van der Waals surface area contributed by atoms with E-state index in [4.69, 9.17) is 4.74 Å². The fraction of sp³-hybridized carbons (Fsp3) is 0.583. The van der Waals surface area contributed by atoms with Crippen molar-refractivity contribution in [3.8, 4) is 0 Å². The Bertz CT molecular complexity index is 274. The lowest BCUT2D eigenvalue weighted by Crippen LogP contribution is -2.07. The summed E-state index contributed by atoms with van der Waals surface area (Å²) in [5.41, 5.74) is 1.06. The molecule has 0 atom stereocenters. The number of anilines is 2. The zero-order chi connectivity index (χ0) is 11.6. The van der Waals surface area contributed by atoms with Gasteiger partial charge in [0.1, 0.15) is 5.82 Å². The van der Waals surface area contributed by atoms with Crippen molar-refractivity contribution in [1.82, 2.24) is 4.98 Å². The predicted molar refractivity (Wildman–Crippen MR) is 68.0 cm³/mol. The maximum atomic E-state index is 5.25. The molecule has 1 aromatic heterocycles. The van der Waals surface area contributed by atoms with E-state index in [0.29, 0.717) is 0 Å². The number of nitrogens with one attached hydrogen (secondary N) is 2. The molecular formula is C12H21N3O. The quantitative estimate of drug-likeness (QED) is 0.664. The van der Waals surface area contributed by atoms with Crippen molar-refractivity contribution in [1.29, 1.82) is 0 Å². The zero-order valence-corrected chi connectivity index (χ0v) is 10.1. The first-order chi connectivity index (χ1) is 7.86. The summed E-state index contributed by atoms with van der Waals surface area (Å²) in [6, 6.07) is 4.01. The normalized spacial score (nSPS) is 10.1. The van der Waals surface area contributed by atoms with Crippen molar-refractivity contribution < 1.29 is 4.74 Å². The number of pyridine rings is 1. The largest absolute Gasteiger partial charge is 0.384 e. The van der Waals surface area contributed by atoms with Crippen LogP contribution in [0.15, 0.2) is 18.3 Å². The molecule has 1 aromatic rings. The smallest absolute Gasteiger partial charge is 0.126 e. The van der Waals surface area contributed by atoms with Gasteiger partial charge in [-0.25, -0.2) is 4.98 Å². The Labute approximate surface area is 97.4 Å². The average Bonchev–Trinajstić information content (AvgIpc) is 2.31. The molecule has 90 valence electrons. The van der Waals surface area contributed by atoms with Crippen LogP contribution in [0.4, 0.5) is 11.5 Å². The molecule has 0 aromatic carbocycles. The molecular weight excluding hydrogens is 202 g/mol. The zero-order valence-electron chi connectivity index (χ0n) is 10.1. The van der Waals surface area contributed by atoms with E-state index in [1.54, 1.807) is 0 Å². The average molecular weight is 223 g/mol. The van der Waals surface area contributed by atoms with Crippen molar-refractivity contribution in [3.05, 3.63) is 18.3 Å². The molecule has 16 heavy (non-hydrogen) atoms. The van der Waals surface area contributed by atoms with E-state index in [1.807, 2.05) is 25.3 Å². The van der Waals surface area contributed by atoms with E-state index in [-0.39, 0.29) is 0 Å². The van der Waals surface area contributed by atoms with E-state index in [2.05, 4.69) is 22.5 Å². The van der Waals surface area contributed by atoms with E-state index in [9.17, 15) is 0 Å². The van der Waals surface area contributed by atoms with Gasteiger partial charge in [-0.15, -0.1) is 0 Å². The van der Waals surface area contributed by atoms with Crippen LogP contribution in [0.5, 0.6) is 0 Å². The van der Waals surface area contributed by atoms with Gasteiger partial charge in [-0.3, -0.25) is 0 Å². The fourth-order valence-corrected chi connectivity index (χ4v) is 1.34. The first-order valence-electron chi connectivity index (χ1n) is 5.88. The second-order valence-electron chi connectivity index (χ2n) is 3.44. The fourth-order valence-electron chi connectivity index (χ4n) is 1.34. The third kappa shape index (κ3) is 4.98. The van der Waals surface area contributed by atoms with E-state index in [1.165, 1.54) is 0 Å². The van der Waals surface area contributed by atoms with Gasteiger partial charge in [0, 0.05) is 26.3 Å². The maximum Gasteiger partial charge on any atom is 0.126 e. The molecule has 4 heteroatoms. The van der Waals surface area contributed by atoms with Gasteiger partial charge in [0.25, 0.3) is 0 Å². The van der Waals surface area contributed by atoms with E-state index >= 15 is 0 Å². The lowest BCUT2D eigenvalue weighted by atomic mass is 10.4. The maximum absolute atomic E-state index is 5.25. The number of ether oxygens (including phenoxy) is 1. The summed E-state index contributed by atoms with van der Waals surface area (Å²) in [6.07, 6.45) is 2.85. The van der Waals surface area contributed by atoms with Crippen LogP contribution < -0.4 is 10.6 Å². The first-order valence-corrected chi connectivity index (χ1v) is 5.88. The molecule has 0 aliphatic heterocycles. The van der Waals surface area contributed by atoms with Gasteiger partial charge >= 0.3 is 0 Å². The summed E-state index contributed by atoms with van der Waals surface area (Å²) in [5.74, 6) is 0.915. The van der Waals surface area contributed by atoms with Crippen LogP contribution in [-0.2, 0) is 4.74 Å². The minimum atomic E-state index is 0.787. The minimum Gasteiger partial charge on any atom is -0.384 e. The van der Waals surface area contributed by atoms with Gasteiger partial charge in [-0.2, -0.15) is 0 Å². The van der Waals surface area contributed by atoms with Gasteiger partial charge in [0.05, 0.1) is 11.9 Å². The molecule has 0 unspecified atom stereocenters. The van der Waals surface area contributed by atoms with Crippen LogP contribution in [0.1, 0.15) is 20.3 Å². The molecule has 0 aliphatic carbocycles. The van der Waals surface area contributed by atoms with E-state index in [0.717, 1.165) is 44.2 Å². The third-order valence-corrected chi connectivity index (χ3v) is 2.12. The second-order valence-corrected chi connectivity index (χ2v) is 3.44. The molecule has 2 N–H and O–H groups in total. The molecule has 0 fully saturated rings. The number of hydrogen-bond donors (Lipinski definition) is 2. The van der Waals surface area contributed by atoms with Gasteiger partial charge in [0.2, 0.25) is 0 Å². The van der Waals surface area contributed by atoms with Gasteiger partial charge in [-0.05, 0) is 32.4 Å². The summed E-state index contributed by atoms with van der Waals surface area (Å²) in [4.78, 5) is 4.30. The first kappa shape index (κ1) is 12.8. The van der Waals surface area contributed by atoms with Crippen LogP contribution >= 0.6 is 0 Å². The highest BCUT2D eigenvalue weighted by atomic mass is 16.5. The Morgan fingerprint density at radius 2 is 2.12 bits per heavy atom. The number of hydrogen-bond acceptors (Lipinski definition) is 4. The van der Waals surface area contributed by atoms with Crippen LogP contribution in [0.2, 0.25) is 0 Å². The standard InChI is InChI=1S/C12H21N3O/c1-3-13-11-6-7-12(15-10-11)14-8-5-9-16-4-2/h6-7,10,13H,3-5,8-9H2,1-2H3,(H,14,15). The van der Waals surface area contributed by atoms with Crippen molar-refractivity contribution in [3.63, 3.8) is 0 Å². The molecule has 0 amide bonds. The molecule has 0 saturated carbocycles. The summed E-state index contributed by atoms with van der Waals surface area (Å²) in [5, 5.41) is 6.46. The molecule has 0 bridgehead atoms. The van der Waals surface area contributed by atoms with Gasteiger partial charge in [-0.1, -0.05) is 0 Å². The topological polar surface area (TPSA) is 46.2 Å². The summed E-state index contributed by atoms with van der Waals surface area (Å²) in [6.45, 7) is 7.49. The van der Waals surface area contributed by atoms with Crippen LogP contribution in [-0.4, -0.2) is 31.3 Å². The predicted octanol–water partition coefficient (Wildman–Crippen LogP) is 2.35. The highest BCUT2D eigenvalue weighted by molar-refractivity contribution is 5.46. The van der Waals surface area contributed by atoms with Crippen LogP contribution in [0.3, 0.4) is 0 Å². The molecule has 0 spiro atoms. The third-order valence-electron chi connectivity index (χ3n) is 2.12. The Morgan fingerprint density at radius 3 is 2.75 bits per heavy atom. The van der Waals surface area contributed by atoms with Crippen molar-refractivity contribution >= 4 is 11.5 Å². The van der Waals surface area contributed by atoms with Crippen LogP contribution in [0.25, 0.3) is 0 Å². The summed E-state index contributed by atoms with van der Waals surface area (Å²) < 4.78 is 5.25. The van der Waals surface area contributed by atoms with Crippen molar-refractivity contribution in [2.24, 2.45) is 0 Å². The number of aromatic nitrogens is 1. The molecule has 0 radical (unpaired) electrons. The Kier molecular flexibility index (Phi) is 6.33. The molecule has 0 aliphatic rings. The molecule has 4 nitrogen and oxygen atoms in total. The molecule has 0 saturated heterocycles.